The number of hydrogen-bond acceptors (Lipinski definition) is 6. The molecule has 2 aliphatic rings. The van der Waals surface area contributed by atoms with Crippen molar-refractivity contribution in [1.82, 2.24) is 0 Å². The van der Waals surface area contributed by atoms with Crippen LogP contribution in [0.2, 0.25) is 0 Å². The Morgan fingerprint density at radius 2 is 2.00 bits per heavy atom. The molecule has 1 aromatic rings. The molecular weight excluding hydrogens is 262 g/mol. The maximum Gasteiger partial charge on any atom is 0.184 e. The Morgan fingerprint density at radius 3 is 2.70 bits per heavy atom. The van der Waals surface area contributed by atoms with Gasteiger partial charge in [-0.15, -0.1) is 0 Å². The molecule has 0 amide bonds. The quantitative estimate of drug-likeness (QED) is 0.803. The van der Waals surface area contributed by atoms with E-state index in [0.29, 0.717) is 6.61 Å². The number of benzene rings is 1. The summed E-state index contributed by atoms with van der Waals surface area (Å²) in [6.07, 6.45) is -2.91. The number of fused-ring (bicyclic) bond motifs is 1. The first-order valence-corrected chi connectivity index (χ1v) is 6.64. The van der Waals surface area contributed by atoms with Crippen molar-refractivity contribution in [2.45, 2.75) is 36.9 Å². The van der Waals surface area contributed by atoms with E-state index in [2.05, 4.69) is 0 Å². The lowest BCUT2D eigenvalue weighted by Crippen LogP contribution is -2.64. The van der Waals surface area contributed by atoms with Crippen molar-refractivity contribution in [3.63, 3.8) is 0 Å². The first-order chi connectivity index (χ1) is 9.70. The van der Waals surface area contributed by atoms with Crippen LogP contribution in [-0.4, -0.2) is 49.5 Å². The second-order valence-corrected chi connectivity index (χ2v) is 5.02. The Morgan fingerprint density at radius 1 is 1.25 bits per heavy atom. The first-order valence-electron chi connectivity index (χ1n) is 6.64. The van der Waals surface area contributed by atoms with E-state index in [1.54, 1.807) is 0 Å². The van der Waals surface area contributed by atoms with Gasteiger partial charge in [0.25, 0.3) is 0 Å². The molecule has 110 valence electrons. The van der Waals surface area contributed by atoms with Crippen molar-refractivity contribution in [1.29, 1.82) is 0 Å². The van der Waals surface area contributed by atoms with Crippen LogP contribution >= 0.6 is 0 Å². The topological polar surface area (TPSA) is 83.2 Å². The molecule has 6 nitrogen and oxygen atoms in total. The molecule has 3 rings (SSSR count). The van der Waals surface area contributed by atoms with E-state index in [9.17, 15) is 5.11 Å². The average Bonchev–Trinajstić information content (AvgIpc) is 2.51. The number of aliphatic hydroxyl groups excluding tert-OH is 1. The van der Waals surface area contributed by atoms with Gasteiger partial charge in [0, 0.05) is 12.7 Å². The summed E-state index contributed by atoms with van der Waals surface area (Å²) in [5, 5.41) is 10.3. The molecule has 2 fully saturated rings. The predicted molar refractivity (Wildman–Crippen MR) is 69.7 cm³/mol. The molecule has 0 aromatic heterocycles. The maximum atomic E-state index is 10.3. The summed E-state index contributed by atoms with van der Waals surface area (Å²) in [6, 6.07) is 8.93. The predicted octanol–water partition coefficient (Wildman–Crippen LogP) is 0.160. The fraction of sp³-hybridized carbons (Fsp3) is 0.571. The molecule has 2 heterocycles. The summed E-state index contributed by atoms with van der Waals surface area (Å²) in [7, 11) is 1.49. The van der Waals surface area contributed by atoms with Gasteiger partial charge >= 0.3 is 0 Å². The molecule has 3 N–H and O–H groups in total. The smallest absolute Gasteiger partial charge is 0.184 e. The van der Waals surface area contributed by atoms with E-state index in [1.807, 2.05) is 30.3 Å². The SMILES string of the molecule is CO[C@H]1OC2CO[C@@H](c3ccccc3)O[C@H]2C(O)C1N. The zero-order valence-corrected chi connectivity index (χ0v) is 11.2. The van der Waals surface area contributed by atoms with Crippen LogP contribution in [0.1, 0.15) is 11.9 Å². The molecular formula is C14H19NO5. The Hall–Kier alpha value is -1.02. The lowest BCUT2D eigenvalue weighted by molar-refractivity contribution is -0.339. The van der Waals surface area contributed by atoms with Crippen molar-refractivity contribution < 1.29 is 24.1 Å². The number of methoxy groups -OCH3 is 1. The minimum absolute atomic E-state index is 0.327. The number of ether oxygens (including phenoxy) is 4. The minimum Gasteiger partial charge on any atom is -0.388 e. The van der Waals surface area contributed by atoms with E-state index in [4.69, 9.17) is 24.7 Å². The maximum absolute atomic E-state index is 10.3. The Kier molecular flexibility index (Phi) is 4.02. The number of nitrogens with two attached hydrogens (primary N) is 1. The van der Waals surface area contributed by atoms with Crippen LogP contribution in [0.3, 0.4) is 0 Å². The summed E-state index contributed by atoms with van der Waals surface area (Å²) in [6.45, 7) is 0.327. The zero-order valence-electron chi connectivity index (χ0n) is 11.2. The lowest BCUT2D eigenvalue weighted by Gasteiger charge is -2.46. The molecule has 6 atom stereocenters. The summed E-state index contributed by atoms with van der Waals surface area (Å²) in [5.74, 6) is 0. The fourth-order valence-electron chi connectivity index (χ4n) is 2.60. The van der Waals surface area contributed by atoms with Gasteiger partial charge in [0.1, 0.15) is 18.3 Å². The van der Waals surface area contributed by atoms with Gasteiger partial charge in [-0.2, -0.15) is 0 Å². The summed E-state index contributed by atoms with van der Waals surface area (Å²) >= 11 is 0. The van der Waals surface area contributed by atoms with Gasteiger partial charge in [-0.05, 0) is 0 Å². The molecule has 20 heavy (non-hydrogen) atoms. The Balaban J connectivity index is 1.74. The normalized spacial score (nSPS) is 41.1. The summed E-state index contributed by atoms with van der Waals surface area (Å²) < 4.78 is 22.2. The highest BCUT2D eigenvalue weighted by atomic mass is 16.7. The van der Waals surface area contributed by atoms with E-state index < -0.39 is 30.8 Å². The fourth-order valence-corrected chi connectivity index (χ4v) is 2.60. The van der Waals surface area contributed by atoms with Gasteiger partial charge in [0.2, 0.25) is 0 Å². The molecule has 6 heteroatoms. The molecule has 3 unspecified atom stereocenters. The monoisotopic (exact) mass is 281 g/mol. The van der Waals surface area contributed by atoms with Crippen molar-refractivity contribution >= 4 is 0 Å². The van der Waals surface area contributed by atoms with Crippen LogP contribution in [0.15, 0.2) is 30.3 Å². The van der Waals surface area contributed by atoms with E-state index >= 15 is 0 Å². The van der Waals surface area contributed by atoms with Crippen molar-refractivity contribution in [3.05, 3.63) is 35.9 Å². The van der Waals surface area contributed by atoms with Crippen molar-refractivity contribution in [3.8, 4) is 0 Å². The van der Waals surface area contributed by atoms with Gasteiger partial charge < -0.3 is 29.8 Å². The third kappa shape index (κ3) is 2.46. The molecule has 0 bridgehead atoms. The van der Waals surface area contributed by atoms with Crippen LogP contribution in [0.4, 0.5) is 0 Å². The van der Waals surface area contributed by atoms with Crippen LogP contribution in [-0.2, 0) is 18.9 Å². The van der Waals surface area contributed by atoms with Gasteiger partial charge in [-0.1, -0.05) is 30.3 Å². The van der Waals surface area contributed by atoms with Gasteiger partial charge in [0.15, 0.2) is 12.6 Å². The second kappa shape index (κ2) is 5.77. The lowest BCUT2D eigenvalue weighted by atomic mass is 9.96. The number of aliphatic hydroxyl groups is 1. The summed E-state index contributed by atoms with van der Waals surface area (Å²) in [5.41, 5.74) is 6.81. The molecule has 0 radical (unpaired) electrons. The Labute approximate surface area is 117 Å². The van der Waals surface area contributed by atoms with E-state index in [-0.39, 0.29) is 6.10 Å². The largest absolute Gasteiger partial charge is 0.388 e. The average molecular weight is 281 g/mol. The Bertz CT molecular complexity index is 440. The van der Waals surface area contributed by atoms with Crippen LogP contribution in [0.25, 0.3) is 0 Å². The van der Waals surface area contributed by atoms with Gasteiger partial charge in [0.05, 0.1) is 12.6 Å². The highest BCUT2D eigenvalue weighted by Crippen LogP contribution is 2.33. The van der Waals surface area contributed by atoms with Crippen molar-refractivity contribution in [2.75, 3.05) is 13.7 Å². The third-order valence-electron chi connectivity index (χ3n) is 3.72. The third-order valence-corrected chi connectivity index (χ3v) is 3.72. The van der Waals surface area contributed by atoms with E-state index in [1.165, 1.54) is 7.11 Å². The standard InChI is InChI=1S/C14H19NO5/c1-17-14-10(15)11(16)12-9(19-14)7-18-13(20-12)8-5-3-2-4-6-8/h2-6,9-14,16H,7,15H2,1H3/t9?,10?,11?,12-,13-,14+/m1/s1. The van der Waals surface area contributed by atoms with Crippen LogP contribution in [0, 0.1) is 0 Å². The van der Waals surface area contributed by atoms with Crippen LogP contribution < -0.4 is 5.73 Å². The van der Waals surface area contributed by atoms with Gasteiger partial charge in [-0.25, -0.2) is 0 Å². The number of hydrogen-bond donors (Lipinski definition) is 2. The highest BCUT2D eigenvalue weighted by molar-refractivity contribution is 5.16. The van der Waals surface area contributed by atoms with Gasteiger partial charge in [-0.3, -0.25) is 0 Å². The highest BCUT2D eigenvalue weighted by Gasteiger charge is 2.48. The van der Waals surface area contributed by atoms with Crippen molar-refractivity contribution in [2.24, 2.45) is 5.73 Å². The minimum atomic E-state index is -0.853. The molecule has 2 saturated heterocycles. The molecule has 2 aliphatic heterocycles. The molecule has 0 saturated carbocycles. The van der Waals surface area contributed by atoms with Crippen LogP contribution in [0.5, 0.6) is 0 Å². The molecule has 1 aromatic carbocycles. The molecule has 0 aliphatic carbocycles. The molecule has 0 spiro atoms. The zero-order chi connectivity index (χ0) is 14.1. The summed E-state index contributed by atoms with van der Waals surface area (Å²) in [4.78, 5) is 0. The number of rotatable bonds is 2. The second-order valence-electron chi connectivity index (χ2n) is 5.02. The first kappa shape index (κ1) is 13.9. The van der Waals surface area contributed by atoms with E-state index in [0.717, 1.165) is 5.56 Å².